The molecule has 1 aromatic carbocycles. The SMILES string of the molecule is Cc1c(C(C)C)c2cc(C(=O)O)ccc2n1C. The number of aromatic nitrogens is 1. The van der Waals surface area contributed by atoms with E-state index in [9.17, 15) is 4.79 Å². The first-order valence-corrected chi connectivity index (χ1v) is 5.75. The summed E-state index contributed by atoms with van der Waals surface area (Å²) < 4.78 is 2.12. The number of carboxylic acids is 1. The molecule has 1 heterocycles. The van der Waals surface area contributed by atoms with E-state index < -0.39 is 5.97 Å². The van der Waals surface area contributed by atoms with Crippen LogP contribution in [0.5, 0.6) is 0 Å². The van der Waals surface area contributed by atoms with Crippen LogP contribution in [-0.2, 0) is 7.05 Å². The third-order valence-electron chi connectivity index (χ3n) is 3.37. The van der Waals surface area contributed by atoms with E-state index in [1.54, 1.807) is 12.1 Å². The van der Waals surface area contributed by atoms with Crippen LogP contribution in [0.25, 0.3) is 10.9 Å². The van der Waals surface area contributed by atoms with Crippen LogP contribution in [0.3, 0.4) is 0 Å². The fraction of sp³-hybridized carbons (Fsp3) is 0.357. The second kappa shape index (κ2) is 3.91. The quantitative estimate of drug-likeness (QED) is 0.861. The average Bonchev–Trinajstić information content (AvgIpc) is 2.51. The highest BCUT2D eigenvalue weighted by molar-refractivity contribution is 5.95. The minimum Gasteiger partial charge on any atom is -0.478 e. The first kappa shape index (κ1) is 11.7. The summed E-state index contributed by atoms with van der Waals surface area (Å²) in [6.07, 6.45) is 0. The topological polar surface area (TPSA) is 42.2 Å². The van der Waals surface area contributed by atoms with Crippen LogP contribution in [0.4, 0.5) is 0 Å². The molecule has 0 atom stereocenters. The molecule has 0 bridgehead atoms. The number of aromatic carboxylic acids is 1. The maximum Gasteiger partial charge on any atom is 0.335 e. The number of aryl methyl sites for hydroxylation is 1. The number of hydrogen-bond donors (Lipinski definition) is 1. The number of nitrogens with zero attached hydrogens (tertiary/aromatic N) is 1. The third kappa shape index (κ3) is 1.71. The highest BCUT2D eigenvalue weighted by atomic mass is 16.4. The summed E-state index contributed by atoms with van der Waals surface area (Å²) >= 11 is 0. The molecule has 0 unspecified atom stereocenters. The number of benzene rings is 1. The van der Waals surface area contributed by atoms with Crippen LogP contribution in [-0.4, -0.2) is 15.6 Å². The number of carbonyl (C=O) groups is 1. The standard InChI is InChI=1S/C14H17NO2/c1-8(2)13-9(3)15(4)12-6-5-10(14(16)17)7-11(12)13/h5-8H,1-4H3,(H,16,17). The molecule has 0 spiro atoms. The third-order valence-corrected chi connectivity index (χ3v) is 3.37. The number of carboxylic acid groups (broad SMARTS) is 1. The van der Waals surface area contributed by atoms with Gasteiger partial charge in [0.15, 0.2) is 0 Å². The van der Waals surface area contributed by atoms with Gasteiger partial charge in [0, 0.05) is 23.6 Å². The van der Waals surface area contributed by atoms with Gasteiger partial charge < -0.3 is 9.67 Å². The minimum atomic E-state index is -0.872. The number of rotatable bonds is 2. The first-order valence-electron chi connectivity index (χ1n) is 5.75. The summed E-state index contributed by atoms with van der Waals surface area (Å²) in [4.78, 5) is 11.0. The zero-order chi connectivity index (χ0) is 12.7. The van der Waals surface area contributed by atoms with Crippen molar-refractivity contribution >= 4 is 16.9 Å². The second-order valence-electron chi connectivity index (χ2n) is 4.75. The van der Waals surface area contributed by atoms with Gasteiger partial charge in [0.05, 0.1) is 5.56 Å². The second-order valence-corrected chi connectivity index (χ2v) is 4.75. The molecule has 0 saturated heterocycles. The van der Waals surface area contributed by atoms with Crippen molar-refractivity contribution in [3.8, 4) is 0 Å². The van der Waals surface area contributed by atoms with Gasteiger partial charge in [0.2, 0.25) is 0 Å². The van der Waals surface area contributed by atoms with E-state index in [0.29, 0.717) is 11.5 Å². The molecule has 17 heavy (non-hydrogen) atoms. The van der Waals surface area contributed by atoms with Crippen molar-refractivity contribution in [1.82, 2.24) is 4.57 Å². The van der Waals surface area contributed by atoms with Gasteiger partial charge in [-0.25, -0.2) is 4.79 Å². The Hall–Kier alpha value is -1.77. The zero-order valence-corrected chi connectivity index (χ0v) is 10.6. The number of hydrogen-bond acceptors (Lipinski definition) is 1. The molecule has 0 saturated carbocycles. The Morgan fingerprint density at radius 2 is 2.00 bits per heavy atom. The molecule has 0 aliphatic rings. The molecule has 1 aromatic heterocycles. The summed E-state index contributed by atoms with van der Waals surface area (Å²) in [6, 6.07) is 5.33. The highest BCUT2D eigenvalue weighted by Gasteiger charge is 2.16. The Labute approximate surface area is 101 Å². The largest absolute Gasteiger partial charge is 0.478 e. The Morgan fingerprint density at radius 3 is 2.53 bits per heavy atom. The molecule has 2 aromatic rings. The summed E-state index contributed by atoms with van der Waals surface area (Å²) in [5.74, 6) is -0.481. The van der Waals surface area contributed by atoms with Crippen molar-refractivity contribution in [3.05, 3.63) is 35.0 Å². The lowest BCUT2D eigenvalue weighted by Gasteiger charge is -2.05. The monoisotopic (exact) mass is 231 g/mol. The molecule has 3 nitrogen and oxygen atoms in total. The van der Waals surface area contributed by atoms with Crippen LogP contribution in [0.2, 0.25) is 0 Å². The Morgan fingerprint density at radius 1 is 1.35 bits per heavy atom. The van der Waals surface area contributed by atoms with E-state index in [2.05, 4.69) is 25.3 Å². The van der Waals surface area contributed by atoms with E-state index in [0.717, 1.165) is 10.9 Å². The van der Waals surface area contributed by atoms with Gasteiger partial charge in [0.1, 0.15) is 0 Å². The van der Waals surface area contributed by atoms with Crippen LogP contribution >= 0.6 is 0 Å². The Balaban J connectivity index is 2.83. The zero-order valence-electron chi connectivity index (χ0n) is 10.6. The average molecular weight is 231 g/mol. The lowest BCUT2D eigenvalue weighted by molar-refractivity contribution is 0.0697. The summed E-state index contributed by atoms with van der Waals surface area (Å²) in [7, 11) is 2.02. The molecule has 0 fully saturated rings. The molecule has 0 aliphatic heterocycles. The van der Waals surface area contributed by atoms with Crippen molar-refractivity contribution in [2.24, 2.45) is 7.05 Å². The van der Waals surface area contributed by atoms with E-state index in [1.807, 2.05) is 13.1 Å². The van der Waals surface area contributed by atoms with Gasteiger partial charge in [-0.2, -0.15) is 0 Å². The maximum atomic E-state index is 11.0. The molecule has 1 N–H and O–H groups in total. The van der Waals surface area contributed by atoms with E-state index in [4.69, 9.17) is 5.11 Å². The Kier molecular flexibility index (Phi) is 2.69. The fourth-order valence-electron chi connectivity index (χ4n) is 2.46. The van der Waals surface area contributed by atoms with E-state index >= 15 is 0 Å². The lowest BCUT2D eigenvalue weighted by atomic mass is 9.99. The van der Waals surface area contributed by atoms with Crippen molar-refractivity contribution < 1.29 is 9.90 Å². The fourth-order valence-corrected chi connectivity index (χ4v) is 2.46. The molecular formula is C14H17NO2. The lowest BCUT2D eigenvalue weighted by Crippen LogP contribution is -1.96. The normalized spacial score (nSPS) is 11.4. The Bertz CT molecular complexity index is 594. The molecular weight excluding hydrogens is 214 g/mol. The predicted molar refractivity (Wildman–Crippen MR) is 68.7 cm³/mol. The smallest absolute Gasteiger partial charge is 0.335 e. The minimum absolute atomic E-state index is 0.352. The number of fused-ring (bicyclic) bond motifs is 1. The van der Waals surface area contributed by atoms with E-state index in [1.165, 1.54) is 11.3 Å². The molecule has 0 aliphatic carbocycles. The van der Waals surface area contributed by atoms with Crippen LogP contribution in [0, 0.1) is 6.92 Å². The van der Waals surface area contributed by atoms with Gasteiger partial charge >= 0.3 is 5.97 Å². The van der Waals surface area contributed by atoms with Crippen molar-refractivity contribution in [2.75, 3.05) is 0 Å². The van der Waals surface area contributed by atoms with E-state index in [-0.39, 0.29) is 0 Å². The summed E-state index contributed by atoms with van der Waals surface area (Å²) in [6.45, 7) is 6.35. The molecule has 2 rings (SSSR count). The molecule has 0 amide bonds. The van der Waals surface area contributed by atoms with Crippen molar-refractivity contribution in [3.63, 3.8) is 0 Å². The van der Waals surface area contributed by atoms with Crippen molar-refractivity contribution in [1.29, 1.82) is 0 Å². The highest BCUT2D eigenvalue weighted by Crippen LogP contribution is 2.31. The van der Waals surface area contributed by atoms with Crippen molar-refractivity contribution in [2.45, 2.75) is 26.7 Å². The molecule has 3 heteroatoms. The van der Waals surface area contributed by atoms with Gasteiger partial charge in [-0.15, -0.1) is 0 Å². The van der Waals surface area contributed by atoms with Gasteiger partial charge in [-0.1, -0.05) is 13.8 Å². The molecule has 0 radical (unpaired) electrons. The van der Waals surface area contributed by atoms with Gasteiger partial charge in [-0.3, -0.25) is 0 Å². The van der Waals surface area contributed by atoms with Crippen LogP contribution in [0.1, 0.15) is 41.4 Å². The summed E-state index contributed by atoms with van der Waals surface area (Å²) in [5, 5.41) is 10.1. The first-order chi connectivity index (χ1) is 7.93. The van der Waals surface area contributed by atoms with Gasteiger partial charge in [0.25, 0.3) is 0 Å². The van der Waals surface area contributed by atoms with Gasteiger partial charge in [-0.05, 0) is 36.6 Å². The maximum absolute atomic E-state index is 11.0. The van der Waals surface area contributed by atoms with Crippen LogP contribution < -0.4 is 0 Å². The molecule has 90 valence electrons. The predicted octanol–water partition coefficient (Wildman–Crippen LogP) is 3.31. The summed E-state index contributed by atoms with van der Waals surface area (Å²) in [5.41, 5.74) is 3.89. The van der Waals surface area contributed by atoms with Crippen LogP contribution in [0.15, 0.2) is 18.2 Å².